The van der Waals surface area contributed by atoms with Crippen LogP contribution in [0.2, 0.25) is 0 Å². The summed E-state index contributed by atoms with van der Waals surface area (Å²) < 4.78 is 16.9. The highest BCUT2D eigenvalue weighted by molar-refractivity contribution is 5.97. The van der Waals surface area contributed by atoms with Gasteiger partial charge in [-0.25, -0.2) is 4.79 Å². The number of amides is 1. The van der Waals surface area contributed by atoms with Crippen LogP contribution in [-0.4, -0.2) is 42.3 Å². The minimum absolute atomic E-state index is 0.0519. The number of nitrogen functional groups attached to an aromatic ring is 1. The van der Waals surface area contributed by atoms with Crippen molar-refractivity contribution >= 4 is 23.6 Å². The number of amidine groups is 1. The number of carbonyl (C=O) groups is 2. The van der Waals surface area contributed by atoms with Crippen LogP contribution in [-0.2, 0) is 9.53 Å². The molecule has 9 heteroatoms. The van der Waals surface area contributed by atoms with E-state index >= 15 is 0 Å². The second-order valence-electron chi connectivity index (χ2n) is 7.30. The number of cyclic esters (lactones) is 1. The summed E-state index contributed by atoms with van der Waals surface area (Å²) >= 11 is 0. The molecule has 0 aliphatic carbocycles. The van der Waals surface area contributed by atoms with Crippen molar-refractivity contribution in [2.24, 2.45) is 5.73 Å². The molecule has 9 nitrogen and oxygen atoms in total. The fourth-order valence-electron chi connectivity index (χ4n) is 3.08. The number of ether oxygens (including phenoxy) is 3. The van der Waals surface area contributed by atoms with Crippen LogP contribution in [0.3, 0.4) is 0 Å². The van der Waals surface area contributed by atoms with Gasteiger partial charge in [0.05, 0.1) is 6.54 Å². The van der Waals surface area contributed by atoms with Crippen molar-refractivity contribution in [3.05, 3.63) is 84.4 Å². The average molecular weight is 463 g/mol. The molecule has 1 fully saturated rings. The summed E-state index contributed by atoms with van der Waals surface area (Å²) in [6.07, 6.45) is -0.852. The molecule has 4 N–H and O–H groups in total. The Balaban J connectivity index is 0.000000751. The van der Waals surface area contributed by atoms with Crippen molar-refractivity contribution < 1.29 is 28.9 Å². The number of rotatable bonds is 7. The Hall–Kier alpha value is -4.53. The van der Waals surface area contributed by atoms with Crippen molar-refractivity contribution in [2.45, 2.75) is 13.0 Å². The number of hydrogen-bond acceptors (Lipinski definition) is 6. The van der Waals surface area contributed by atoms with Gasteiger partial charge in [0, 0.05) is 18.2 Å². The zero-order valence-electron chi connectivity index (χ0n) is 18.5. The maximum absolute atomic E-state index is 12.2. The van der Waals surface area contributed by atoms with E-state index in [0.717, 1.165) is 12.7 Å². The SMILES string of the molecule is CC(=O)O.N=C(N)c1cccc(N2CC(COc3ccc(Oc4ccccc4)cc3)OC2=O)c1. The molecule has 0 aromatic heterocycles. The van der Waals surface area contributed by atoms with Crippen LogP contribution < -0.4 is 20.1 Å². The van der Waals surface area contributed by atoms with Crippen LogP contribution in [0, 0.1) is 5.41 Å². The van der Waals surface area contributed by atoms with Gasteiger partial charge in [-0.15, -0.1) is 0 Å². The lowest BCUT2D eigenvalue weighted by Crippen LogP contribution is -2.27. The first-order valence-corrected chi connectivity index (χ1v) is 10.4. The Kier molecular flexibility index (Phi) is 8.07. The Morgan fingerprint density at radius 3 is 2.32 bits per heavy atom. The second kappa shape index (κ2) is 11.4. The highest BCUT2D eigenvalue weighted by Crippen LogP contribution is 2.25. The number of benzene rings is 3. The predicted octanol–water partition coefficient (Wildman–Crippen LogP) is 4.26. The minimum atomic E-state index is -0.833. The van der Waals surface area contributed by atoms with E-state index in [4.69, 9.17) is 35.3 Å². The number of carbonyl (C=O) groups excluding carboxylic acids is 1. The van der Waals surface area contributed by atoms with Crippen molar-refractivity contribution in [1.82, 2.24) is 0 Å². The number of hydrogen-bond donors (Lipinski definition) is 3. The van der Waals surface area contributed by atoms with E-state index in [1.165, 1.54) is 4.90 Å². The van der Waals surface area contributed by atoms with Gasteiger partial charge in [-0.3, -0.25) is 15.1 Å². The Bertz CT molecular complexity index is 1130. The molecule has 0 radical (unpaired) electrons. The average Bonchev–Trinajstić information content (AvgIpc) is 3.19. The van der Waals surface area contributed by atoms with Gasteiger partial charge in [-0.2, -0.15) is 0 Å². The topological polar surface area (TPSA) is 135 Å². The third kappa shape index (κ3) is 6.99. The second-order valence-corrected chi connectivity index (χ2v) is 7.30. The van der Waals surface area contributed by atoms with Gasteiger partial charge in [-0.1, -0.05) is 30.3 Å². The molecule has 1 saturated heterocycles. The van der Waals surface area contributed by atoms with Crippen molar-refractivity contribution in [2.75, 3.05) is 18.1 Å². The maximum Gasteiger partial charge on any atom is 0.414 e. The lowest BCUT2D eigenvalue weighted by atomic mass is 10.1. The van der Waals surface area contributed by atoms with Gasteiger partial charge < -0.3 is 25.1 Å². The monoisotopic (exact) mass is 463 g/mol. The molecule has 1 aliphatic heterocycles. The standard InChI is InChI=1S/C23H21N3O4.C2H4O2/c24-22(25)16-5-4-6-17(13-16)26-14-21(30-23(26)27)15-28-18-9-11-20(12-10-18)29-19-7-2-1-3-8-19;1-2(3)4/h1-13,21H,14-15H2,(H3,24,25);1H3,(H,3,4). The summed E-state index contributed by atoms with van der Waals surface area (Å²) in [7, 11) is 0. The first kappa shape index (κ1) is 24.1. The van der Waals surface area contributed by atoms with Gasteiger partial charge >= 0.3 is 6.09 Å². The highest BCUT2D eigenvalue weighted by atomic mass is 16.6. The van der Waals surface area contributed by atoms with Gasteiger partial charge in [0.2, 0.25) is 0 Å². The molecule has 1 heterocycles. The number of carboxylic acids is 1. The third-order valence-corrected chi connectivity index (χ3v) is 4.58. The largest absolute Gasteiger partial charge is 0.490 e. The summed E-state index contributed by atoms with van der Waals surface area (Å²) in [6, 6.07) is 23.7. The first-order valence-electron chi connectivity index (χ1n) is 10.4. The summed E-state index contributed by atoms with van der Waals surface area (Å²) in [5, 5.41) is 15.0. The predicted molar refractivity (Wildman–Crippen MR) is 127 cm³/mol. The van der Waals surface area contributed by atoms with Gasteiger partial charge in [-0.05, 0) is 48.5 Å². The van der Waals surface area contributed by atoms with Crippen LogP contribution in [0.25, 0.3) is 0 Å². The maximum atomic E-state index is 12.2. The Labute approximate surface area is 196 Å². The van der Waals surface area contributed by atoms with E-state index in [0.29, 0.717) is 29.3 Å². The minimum Gasteiger partial charge on any atom is -0.490 e. The number of para-hydroxylation sites is 1. The van der Waals surface area contributed by atoms with Gasteiger partial charge in [0.25, 0.3) is 5.97 Å². The molecule has 3 aromatic carbocycles. The lowest BCUT2D eigenvalue weighted by molar-refractivity contribution is -0.134. The van der Waals surface area contributed by atoms with E-state index in [9.17, 15) is 4.79 Å². The van der Waals surface area contributed by atoms with Crippen LogP contribution in [0.4, 0.5) is 10.5 Å². The fraction of sp³-hybridized carbons (Fsp3) is 0.160. The number of nitrogens with two attached hydrogens (primary N) is 1. The molecule has 176 valence electrons. The summed E-state index contributed by atoms with van der Waals surface area (Å²) in [5.41, 5.74) is 6.72. The smallest absolute Gasteiger partial charge is 0.414 e. The van der Waals surface area contributed by atoms with Crippen LogP contribution in [0.1, 0.15) is 12.5 Å². The van der Waals surface area contributed by atoms with Crippen LogP contribution >= 0.6 is 0 Å². The normalized spacial score (nSPS) is 14.4. The quantitative estimate of drug-likeness (QED) is 0.352. The molecule has 1 unspecified atom stereocenters. The molecule has 1 aliphatic rings. The van der Waals surface area contributed by atoms with Crippen molar-refractivity contribution in [3.63, 3.8) is 0 Å². The number of anilines is 1. The molecule has 34 heavy (non-hydrogen) atoms. The van der Waals surface area contributed by atoms with Crippen LogP contribution in [0.15, 0.2) is 78.9 Å². The van der Waals surface area contributed by atoms with Gasteiger partial charge in [0.1, 0.15) is 29.7 Å². The summed E-state index contributed by atoms with van der Waals surface area (Å²) in [5.74, 6) is 1.24. The molecule has 0 bridgehead atoms. The third-order valence-electron chi connectivity index (χ3n) is 4.58. The molecular formula is C25H25N3O6. The number of nitrogens with zero attached hydrogens (tertiary/aromatic N) is 1. The van der Waals surface area contributed by atoms with Crippen LogP contribution in [0.5, 0.6) is 17.2 Å². The van der Waals surface area contributed by atoms with E-state index < -0.39 is 18.2 Å². The summed E-state index contributed by atoms with van der Waals surface area (Å²) in [4.78, 5) is 22.8. The summed E-state index contributed by atoms with van der Waals surface area (Å²) in [6.45, 7) is 1.67. The molecule has 0 spiro atoms. The van der Waals surface area contributed by atoms with Gasteiger partial charge in [0.15, 0.2) is 6.10 Å². The molecule has 1 atom stereocenters. The fourth-order valence-corrected chi connectivity index (χ4v) is 3.08. The van der Waals surface area contributed by atoms with E-state index in [1.54, 1.807) is 24.3 Å². The number of carboxylic acid groups (broad SMARTS) is 1. The van der Waals surface area contributed by atoms with E-state index in [2.05, 4.69) is 0 Å². The highest BCUT2D eigenvalue weighted by Gasteiger charge is 2.33. The van der Waals surface area contributed by atoms with Crippen molar-refractivity contribution in [1.29, 1.82) is 5.41 Å². The molecule has 0 saturated carbocycles. The Morgan fingerprint density at radius 1 is 1.06 bits per heavy atom. The zero-order valence-corrected chi connectivity index (χ0v) is 18.5. The molecular weight excluding hydrogens is 438 g/mol. The van der Waals surface area contributed by atoms with E-state index in [-0.39, 0.29) is 12.4 Å². The number of nitrogens with one attached hydrogen (secondary N) is 1. The molecule has 1 amide bonds. The number of aliphatic carboxylic acids is 1. The first-order chi connectivity index (χ1) is 16.3. The van der Waals surface area contributed by atoms with E-state index in [1.807, 2.05) is 54.6 Å². The molecule has 3 aromatic rings. The lowest BCUT2D eigenvalue weighted by Gasteiger charge is -2.14. The molecule has 4 rings (SSSR count). The Morgan fingerprint density at radius 2 is 1.68 bits per heavy atom. The van der Waals surface area contributed by atoms with Crippen molar-refractivity contribution in [3.8, 4) is 17.2 Å². The zero-order chi connectivity index (χ0) is 24.5.